The second-order valence-corrected chi connectivity index (χ2v) is 7.35. The van der Waals surface area contributed by atoms with Crippen molar-refractivity contribution in [2.45, 2.75) is 6.10 Å². The first-order valence-electron chi connectivity index (χ1n) is 5.46. The second-order valence-electron chi connectivity index (χ2n) is 4.16. The molecule has 1 fully saturated rings. The van der Waals surface area contributed by atoms with Crippen LogP contribution < -0.4 is 0 Å². The number of sulfone groups is 1. The van der Waals surface area contributed by atoms with E-state index in [2.05, 4.69) is 9.88 Å². The van der Waals surface area contributed by atoms with E-state index in [1.807, 2.05) is 5.38 Å². The van der Waals surface area contributed by atoms with Gasteiger partial charge in [-0.05, 0) is 0 Å². The summed E-state index contributed by atoms with van der Waals surface area (Å²) in [7, 11) is -2.89. The number of morpholine rings is 1. The molecule has 96 valence electrons. The van der Waals surface area contributed by atoms with Crippen LogP contribution in [0.3, 0.4) is 0 Å². The summed E-state index contributed by atoms with van der Waals surface area (Å²) >= 11 is 1.57. The van der Waals surface area contributed by atoms with Crippen LogP contribution in [0, 0.1) is 0 Å². The van der Waals surface area contributed by atoms with Crippen LogP contribution in [-0.4, -0.2) is 56.6 Å². The largest absolute Gasteiger partial charge is 0.368 e. The van der Waals surface area contributed by atoms with Gasteiger partial charge in [0, 0.05) is 37.5 Å². The van der Waals surface area contributed by atoms with Gasteiger partial charge in [-0.3, -0.25) is 4.90 Å². The Morgan fingerprint density at radius 3 is 3.12 bits per heavy atom. The maximum absolute atomic E-state index is 11.1. The van der Waals surface area contributed by atoms with Gasteiger partial charge in [-0.1, -0.05) is 0 Å². The summed E-state index contributed by atoms with van der Waals surface area (Å²) < 4.78 is 27.9. The van der Waals surface area contributed by atoms with Crippen LogP contribution in [-0.2, 0) is 14.6 Å². The van der Waals surface area contributed by atoms with Gasteiger partial charge in [0.2, 0.25) is 0 Å². The lowest BCUT2D eigenvalue weighted by Gasteiger charge is -2.31. The van der Waals surface area contributed by atoms with E-state index >= 15 is 0 Å². The van der Waals surface area contributed by atoms with Gasteiger partial charge >= 0.3 is 0 Å². The zero-order valence-electron chi connectivity index (χ0n) is 9.70. The predicted molar refractivity (Wildman–Crippen MR) is 67.0 cm³/mol. The van der Waals surface area contributed by atoms with Crippen LogP contribution in [0.5, 0.6) is 0 Å². The SMILES string of the molecule is CS(=O)(=O)CCN1CCO[C@H](c2nccs2)C1. The van der Waals surface area contributed by atoms with Crippen LogP contribution in [0.15, 0.2) is 11.6 Å². The van der Waals surface area contributed by atoms with E-state index in [0.717, 1.165) is 18.1 Å². The molecule has 1 saturated heterocycles. The molecule has 5 nitrogen and oxygen atoms in total. The first kappa shape index (κ1) is 12.9. The fraction of sp³-hybridized carbons (Fsp3) is 0.700. The monoisotopic (exact) mass is 276 g/mol. The Labute approximate surface area is 105 Å². The zero-order valence-corrected chi connectivity index (χ0v) is 11.3. The third-order valence-corrected chi connectivity index (χ3v) is 4.45. The van der Waals surface area contributed by atoms with Gasteiger partial charge in [-0.2, -0.15) is 0 Å². The Kier molecular flexibility index (Phi) is 4.13. The van der Waals surface area contributed by atoms with Crippen LogP contribution in [0.25, 0.3) is 0 Å². The molecule has 1 atom stereocenters. The molecule has 0 N–H and O–H groups in total. The summed E-state index contributed by atoms with van der Waals surface area (Å²) in [5.41, 5.74) is 0. The lowest BCUT2D eigenvalue weighted by Crippen LogP contribution is -2.40. The molecule has 0 amide bonds. The fourth-order valence-corrected chi connectivity index (χ4v) is 3.01. The molecule has 0 aromatic carbocycles. The summed E-state index contributed by atoms with van der Waals surface area (Å²) in [5, 5.41) is 2.89. The summed E-state index contributed by atoms with van der Waals surface area (Å²) in [5.74, 6) is 0.206. The molecule has 7 heteroatoms. The molecular weight excluding hydrogens is 260 g/mol. The van der Waals surface area contributed by atoms with E-state index in [1.54, 1.807) is 17.5 Å². The molecule has 0 bridgehead atoms. The van der Waals surface area contributed by atoms with Crippen molar-refractivity contribution in [2.24, 2.45) is 0 Å². The van der Waals surface area contributed by atoms with E-state index in [1.165, 1.54) is 6.26 Å². The molecule has 1 aromatic heterocycles. The summed E-state index contributed by atoms with van der Waals surface area (Å²) in [6, 6.07) is 0. The van der Waals surface area contributed by atoms with Gasteiger partial charge in [0.1, 0.15) is 20.9 Å². The fourth-order valence-electron chi connectivity index (χ4n) is 1.74. The number of hydrogen-bond donors (Lipinski definition) is 0. The Hall–Kier alpha value is -0.500. The molecule has 0 unspecified atom stereocenters. The van der Waals surface area contributed by atoms with E-state index in [9.17, 15) is 8.42 Å². The Morgan fingerprint density at radius 1 is 1.65 bits per heavy atom. The van der Waals surface area contributed by atoms with Crippen molar-refractivity contribution in [2.75, 3.05) is 38.2 Å². The predicted octanol–water partition coefficient (Wildman–Crippen LogP) is 0.561. The maximum atomic E-state index is 11.1. The molecular formula is C10H16N2O3S2. The number of aromatic nitrogens is 1. The lowest BCUT2D eigenvalue weighted by molar-refractivity contribution is -0.0279. The maximum Gasteiger partial charge on any atom is 0.148 e. The van der Waals surface area contributed by atoms with Gasteiger partial charge < -0.3 is 4.74 Å². The molecule has 1 aliphatic rings. The average Bonchev–Trinajstić information content (AvgIpc) is 2.79. The average molecular weight is 276 g/mol. The topological polar surface area (TPSA) is 59.5 Å². The Bertz CT molecular complexity index is 444. The van der Waals surface area contributed by atoms with E-state index in [4.69, 9.17) is 4.74 Å². The molecule has 2 heterocycles. The minimum absolute atomic E-state index is 0.0108. The molecule has 0 aliphatic carbocycles. The number of rotatable bonds is 4. The summed E-state index contributed by atoms with van der Waals surface area (Å²) in [6.07, 6.45) is 3.02. The summed E-state index contributed by atoms with van der Waals surface area (Å²) in [4.78, 5) is 6.35. The first-order valence-corrected chi connectivity index (χ1v) is 8.40. The Morgan fingerprint density at radius 2 is 2.47 bits per heavy atom. The summed E-state index contributed by atoms with van der Waals surface area (Å²) in [6.45, 7) is 2.72. The quantitative estimate of drug-likeness (QED) is 0.804. The van der Waals surface area contributed by atoms with Crippen molar-refractivity contribution < 1.29 is 13.2 Å². The molecule has 2 rings (SSSR count). The molecule has 0 saturated carbocycles. The van der Waals surface area contributed by atoms with Crippen molar-refractivity contribution in [1.82, 2.24) is 9.88 Å². The van der Waals surface area contributed by atoms with Crippen molar-refractivity contribution in [3.8, 4) is 0 Å². The van der Waals surface area contributed by atoms with Crippen LogP contribution in [0.1, 0.15) is 11.1 Å². The molecule has 17 heavy (non-hydrogen) atoms. The lowest BCUT2D eigenvalue weighted by atomic mass is 10.3. The number of nitrogens with zero attached hydrogens (tertiary/aromatic N) is 2. The van der Waals surface area contributed by atoms with Gasteiger partial charge in [0.25, 0.3) is 0 Å². The van der Waals surface area contributed by atoms with Crippen molar-refractivity contribution in [3.05, 3.63) is 16.6 Å². The Balaban J connectivity index is 1.89. The van der Waals surface area contributed by atoms with Crippen molar-refractivity contribution in [3.63, 3.8) is 0 Å². The van der Waals surface area contributed by atoms with Crippen molar-refractivity contribution in [1.29, 1.82) is 0 Å². The third kappa shape index (κ3) is 4.02. The number of ether oxygens (including phenoxy) is 1. The first-order chi connectivity index (χ1) is 8.04. The van der Waals surface area contributed by atoms with Crippen LogP contribution in [0.4, 0.5) is 0 Å². The molecule has 0 spiro atoms. The van der Waals surface area contributed by atoms with E-state index in [0.29, 0.717) is 13.2 Å². The van der Waals surface area contributed by atoms with Gasteiger partial charge in [-0.15, -0.1) is 11.3 Å². The molecule has 0 radical (unpaired) electrons. The molecule has 1 aromatic rings. The van der Waals surface area contributed by atoms with E-state index < -0.39 is 9.84 Å². The minimum Gasteiger partial charge on any atom is -0.368 e. The second kappa shape index (κ2) is 5.43. The normalized spacial score (nSPS) is 22.8. The van der Waals surface area contributed by atoms with Gasteiger partial charge in [0.05, 0.1) is 12.4 Å². The van der Waals surface area contributed by atoms with Gasteiger partial charge in [-0.25, -0.2) is 13.4 Å². The highest BCUT2D eigenvalue weighted by atomic mass is 32.2. The highest BCUT2D eigenvalue weighted by Gasteiger charge is 2.24. The minimum atomic E-state index is -2.89. The van der Waals surface area contributed by atoms with Crippen LogP contribution in [0.2, 0.25) is 0 Å². The number of hydrogen-bond acceptors (Lipinski definition) is 6. The highest BCUT2D eigenvalue weighted by molar-refractivity contribution is 7.90. The zero-order chi connectivity index (χ0) is 12.3. The standard InChI is InChI=1S/C10H16N2O3S2/c1-17(13,14)7-4-12-3-5-15-9(8-12)10-11-2-6-16-10/h2,6,9H,3-5,7-8H2,1H3/t9-/m0/s1. The van der Waals surface area contributed by atoms with Gasteiger partial charge in [0.15, 0.2) is 0 Å². The van der Waals surface area contributed by atoms with Crippen molar-refractivity contribution >= 4 is 21.2 Å². The van der Waals surface area contributed by atoms with E-state index in [-0.39, 0.29) is 11.9 Å². The molecule has 1 aliphatic heterocycles. The number of thiazole rings is 1. The third-order valence-electron chi connectivity index (χ3n) is 2.66. The highest BCUT2D eigenvalue weighted by Crippen LogP contribution is 2.23. The van der Waals surface area contributed by atoms with Crippen LogP contribution >= 0.6 is 11.3 Å². The smallest absolute Gasteiger partial charge is 0.148 e.